The lowest BCUT2D eigenvalue weighted by Crippen LogP contribution is -2.53. The molecule has 0 atom stereocenters. The minimum Gasteiger partial charge on any atom is -0.370 e. The normalized spacial score (nSPS) is 31.2. The number of hydrogen-bond acceptors (Lipinski definition) is 2. The lowest BCUT2D eigenvalue weighted by Gasteiger charge is -2.35. The van der Waals surface area contributed by atoms with Crippen LogP contribution in [0.15, 0.2) is 0 Å². The van der Waals surface area contributed by atoms with E-state index in [1.807, 2.05) is 0 Å². The standard InChI is InChI=1S/C7H14NO2/c1-4-9-5-2-8(1)3-6-10-7-8/h1-7H2/q+1. The van der Waals surface area contributed by atoms with Crippen LogP contribution in [-0.4, -0.2) is 50.7 Å². The van der Waals surface area contributed by atoms with Gasteiger partial charge in [-0.25, -0.2) is 0 Å². The molecule has 0 aromatic carbocycles. The second-order valence-corrected chi connectivity index (χ2v) is 3.16. The molecule has 58 valence electrons. The predicted molar refractivity (Wildman–Crippen MR) is 36.5 cm³/mol. The molecule has 2 heterocycles. The van der Waals surface area contributed by atoms with E-state index in [9.17, 15) is 0 Å². The summed E-state index contributed by atoms with van der Waals surface area (Å²) in [7, 11) is 0. The molecule has 0 amide bonds. The Hall–Kier alpha value is -0.120. The van der Waals surface area contributed by atoms with E-state index in [0.717, 1.165) is 44.1 Å². The van der Waals surface area contributed by atoms with Crippen molar-refractivity contribution < 1.29 is 14.0 Å². The highest BCUT2D eigenvalue weighted by Gasteiger charge is 2.34. The lowest BCUT2D eigenvalue weighted by molar-refractivity contribution is -0.932. The van der Waals surface area contributed by atoms with Crippen LogP contribution < -0.4 is 0 Å². The van der Waals surface area contributed by atoms with Crippen molar-refractivity contribution in [1.82, 2.24) is 0 Å². The van der Waals surface area contributed by atoms with Gasteiger partial charge in [0.1, 0.15) is 26.2 Å². The largest absolute Gasteiger partial charge is 0.370 e. The summed E-state index contributed by atoms with van der Waals surface area (Å²) in [6.45, 7) is 7.21. The third-order valence-corrected chi connectivity index (χ3v) is 2.50. The molecule has 2 aliphatic heterocycles. The SMILES string of the molecule is C1C[N+]2(CCO1)CCOC2. The summed E-state index contributed by atoms with van der Waals surface area (Å²) in [4.78, 5) is 0. The Balaban J connectivity index is 1.98. The zero-order valence-electron chi connectivity index (χ0n) is 6.21. The Morgan fingerprint density at radius 3 is 1.90 bits per heavy atom. The summed E-state index contributed by atoms with van der Waals surface area (Å²) in [5.74, 6) is 0. The lowest BCUT2D eigenvalue weighted by atomic mass is 10.3. The van der Waals surface area contributed by atoms with Crippen LogP contribution >= 0.6 is 0 Å². The third kappa shape index (κ3) is 1.05. The first-order valence-corrected chi connectivity index (χ1v) is 3.92. The topological polar surface area (TPSA) is 18.5 Å². The highest BCUT2D eigenvalue weighted by atomic mass is 16.5. The van der Waals surface area contributed by atoms with Gasteiger partial charge in [0.15, 0.2) is 6.73 Å². The summed E-state index contributed by atoms with van der Waals surface area (Å²) in [5.41, 5.74) is 0. The first kappa shape index (κ1) is 6.58. The average molecular weight is 144 g/mol. The van der Waals surface area contributed by atoms with Crippen molar-refractivity contribution in [3.63, 3.8) is 0 Å². The molecule has 0 radical (unpaired) electrons. The number of rotatable bonds is 0. The number of hydrogen-bond donors (Lipinski definition) is 0. The first-order chi connectivity index (χ1) is 4.91. The van der Waals surface area contributed by atoms with Gasteiger partial charge in [-0.1, -0.05) is 0 Å². The molecule has 2 rings (SSSR count). The molecule has 0 aromatic rings. The van der Waals surface area contributed by atoms with Gasteiger partial charge in [-0.15, -0.1) is 0 Å². The highest BCUT2D eigenvalue weighted by molar-refractivity contribution is 4.51. The predicted octanol–water partition coefficient (Wildman–Crippen LogP) is -0.179. The van der Waals surface area contributed by atoms with E-state index >= 15 is 0 Å². The summed E-state index contributed by atoms with van der Waals surface area (Å²) in [6.07, 6.45) is 0. The van der Waals surface area contributed by atoms with Crippen molar-refractivity contribution in [1.29, 1.82) is 0 Å². The van der Waals surface area contributed by atoms with E-state index in [2.05, 4.69) is 0 Å². The summed E-state index contributed by atoms with van der Waals surface area (Å²) in [5, 5.41) is 0. The second kappa shape index (κ2) is 2.49. The van der Waals surface area contributed by atoms with Gasteiger partial charge < -0.3 is 9.47 Å². The van der Waals surface area contributed by atoms with Crippen LogP contribution in [0.2, 0.25) is 0 Å². The third-order valence-electron chi connectivity index (χ3n) is 2.50. The number of quaternary nitrogens is 1. The van der Waals surface area contributed by atoms with E-state index in [1.165, 1.54) is 6.54 Å². The van der Waals surface area contributed by atoms with Gasteiger partial charge in [0, 0.05) is 0 Å². The fraction of sp³-hybridized carbons (Fsp3) is 1.00. The fourth-order valence-corrected chi connectivity index (χ4v) is 1.66. The molecule has 1 spiro atoms. The van der Waals surface area contributed by atoms with E-state index < -0.39 is 0 Å². The molecular weight excluding hydrogens is 130 g/mol. The molecule has 0 unspecified atom stereocenters. The molecule has 0 bridgehead atoms. The van der Waals surface area contributed by atoms with Crippen molar-refractivity contribution in [3.8, 4) is 0 Å². The summed E-state index contributed by atoms with van der Waals surface area (Å²) < 4.78 is 11.8. The Morgan fingerprint density at radius 1 is 0.800 bits per heavy atom. The monoisotopic (exact) mass is 144 g/mol. The fourth-order valence-electron chi connectivity index (χ4n) is 1.66. The van der Waals surface area contributed by atoms with Crippen molar-refractivity contribution in [2.75, 3.05) is 46.2 Å². The maximum absolute atomic E-state index is 5.35. The Kier molecular flexibility index (Phi) is 1.64. The molecule has 2 fully saturated rings. The quantitative estimate of drug-likeness (QED) is 0.439. The van der Waals surface area contributed by atoms with Crippen LogP contribution in [0.25, 0.3) is 0 Å². The second-order valence-electron chi connectivity index (χ2n) is 3.16. The minimum absolute atomic E-state index is 0.920. The molecule has 0 aliphatic carbocycles. The van der Waals surface area contributed by atoms with Crippen molar-refractivity contribution in [2.45, 2.75) is 0 Å². The molecule has 3 heteroatoms. The van der Waals surface area contributed by atoms with E-state index in [0.29, 0.717) is 0 Å². The van der Waals surface area contributed by atoms with Crippen molar-refractivity contribution in [2.24, 2.45) is 0 Å². The van der Waals surface area contributed by atoms with Crippen molar-refractivity contribution in [3.05, 3.63) is 0 Å². The number of nitrogens with zero attached hydrogens (tertiary/aromatic N) is 1. The van der Waals surface area contributed by atoms with Crippen LogP contribution in [0.1, 0.15) is 0 Å². The zero-order chi connectivity index (χ0) is 6.86. The first-order valence-electron chi connectivity index (χ1n) is 3.92. The Morgan fingerprint density at radius 2 is 1.40 bits per heavy atom. The van der Waals surface area contributed by atoms with E-state index in [4.69, 9.17) is 9.47 Å². The molecule has 0 aromatic heterocycles. The minimum atomic E-state index is 0.920. The van der Waals surface area contributed by atoms with Crippen molar-refractivity contribution >= 4 is 0 Å². The van der Waals surface area contributed by atoms with Crippen LogP contribution in [0.3, 0.4) is 0 Å². The Bertz CT molecular complexity index is 113. The van der Waals surface area contributed by atoms with Gasteiger partial charge >= 0.3 is 0 Å². The molecule has 0 N–H and O–H groups in total. The average Bonchev–Trinajstić information content (AvgIpc) is 2.39. The number of ether oxygens (including phenoxy) is 2. The van der Waals surface area contributed by atoms with Gasteiger partial charge in [0.2, 0.25) is 0 Å². The van der Waals surface area contributed by atoms with Crippen LogP contribution in [-0.2, 0) is 9.47 Å². The molecule has 2 saturated heterocycles. The van der Waals surface area contributed by atoms with Gasteiger partial charge in [0.25, 0.3) is 0 Å². The number of morpholine rings is 1. The maximum atomic E-state index is 5.35. The van der Waals surface area contributed by atoms with Gasteiger partial charge in [-0.3, -0.25) is 4.48 Å². The van der Waals surface area contributed by atoms with Crippen LogP contribution in [0.4, 0.5) is 0 Å². The van der Waals surface area contributed by atoms with Crippen LogP contribution in [0.5, 0.6) is 0 Å². The molecule has 10 heavy (non-hydrogen) atoms. The highest BCUT2D eigenvalue weighted by Crippen LogP contribution is 2.15. The molecule has 3 nitrogen and oxygen atoms in total. The Labute approximate surface area is 61.1 Å². The van der Waals surface area contributed by atoms with Gasteiger partial charge in [-0.2, -0.15) is 0 Å². The molecule has 0 saturated carbocycles. The van der Waals surface area contributed by atoms with Gasteiger partial charge in [0.05, 0.1) is 13.2 Å². The van der Waals surface area contributed by atoms with E-state index in [-0.39, 0.29) is 0 Å². The van der Waals surface area contributed by atoms with Gasteiger partial charge in [-0.05, 0) is 0 Å². The summed E-state index contributed by atoms with van der Waals surface area (Å²) in [6, 6.07) is 0. The smallest absolute Gasteiger partial charge is 0.183 e. The molecular formula is C7H14NO2+. The maximum Gasteiger partial charge on any atom is 0.183 e. The molecule has 2 aliphatic rings. The van der Waals surface area contributed by atoms with E-state index in [1.54, 1.807) is 0 Å². The summed E-state index contributed by atoms with van der Waals surface area (Å²) >= 11 is 0. The van der Waals surface area contributed by atoms with Crippen LogP contribution in [0, 0.1) is 0 Å². The zero-order valence-corrected chi connectivity index (χ0v) is 6.21.